The molecular formula is C6H6BrNO2Rb-. The molecule has 1 aromatic heterocycles. The third-order valence-corrected chi connectivity index (χ3v) is 1.27. The molecule has 1 rings (SSSR count). The van der Waals surface area contributed by atoms with Gasteiger partial charge in [0.15, 0.2) is 0 Å². The zero-order valence-electron chi connectivity index (χ0n) is 6.34. The number of ether oxygens (including phenoxy) is 1. The van der Waals surface area contributed by atoms with Crippen molar-refractivity contribution in [2.75, 3.05) is 7.11 Å². The molecule has 1 N–H and O–H groups in total. The summed E-state index contributed by atoms with van der Waals surface area (Å²) in [5.41, 5.74) is 0. The van der Waals surface area contributed by atoms with Crippen molar-refractivity contribution >= 4 is 15.9 Å². The van der Waals surface area contributed by atoms with Gasteiger partial charge in [0.1, 0.15) is 5.88 Å². The Morgan fingerprint density at radius 3 is 2.64 bits per heavy atom. The van der Waals surface area contributed by atoms with Gasteiger partial charge in [-0.05, 0) is 6.20 Å². The predicted octanol–water partition coefficient (Wildman–Crippen LogP) is -1.52. The van der Waals surface area contributed by atoms with Gasteiger partial charge < -0.3 is 10.2 Å². The van der Waals surface area contributed by atoms with E-state index in [2.05, 4.69) is 27.0 Å². The van der Waals surface area contributed by atoms with Crippen molar-refractivity contribution in [2.45, 2.75) is 0 Å². The Labute approximate surface area is 123 Å². The number of aromatic nitrogens is 1. The molecule has 3 nitrogen and oxygen atoms in total. The fraction of sp³-hybridized carbons (Fsp3) is 0.167. The molecule has 0 radical (unpaired) electrons. The van der Waals surface area contributed by atoms with Gasteiger partial charge in [-0.3, -0.25) is 4.98 Å². The SMILES string of the molecule is COc1[c-]cc(Br)cn1.[OH-].[Rb+]. The van der Waals surface area contributed by atoms with E-state index < -0.39 is 0 Å². The minimum absolute atomic E-state index is 0. The summed E-state index contributed by atoms with van der Waals surface area (Å²) in [5.74, 6) is 0.512. The van der Waals surface area contributed by atoms with E-state index in [1.54, 1.807) is 19.4 Å². The van der Waals surface area contributed by atoms with Gasteiger partial charge in [0.25, 0.3) is 0 Å². The molecule has 0 saturated heterocycles. The van der Waals surface area contributed by atoms with Crippen LogP contribution < -0.4 is 62.9 Å². The van der Waals surface area contributed by atoms with Crippen molar-refractivity contribution in [1.29, 1.82) is 0 Å². The fourth-order valence-electron chi connectivity index (χ4n) is 0.437. The van der Waals surface area contributed by atoms with Crippen LogP contribution in [0.15, 0.2) is 16.7 Å². The monoisotopic (exact) mass is 288 g/mol. The van der Waals surface area contributed by atoms with E-state index in [0.29, 0.717) is 5.88 Å². The van der Waals surface area contributed by atoms with Gasteiger partial charge in [0.2, 0.25) is 0 Å². The normalized spacial score (nSPS) is 7.45. The summed E-state index contributed by atoms with van der Waals surface area (Å²) in [6.45, 7) is 0. The van der Waals surface area contributed by atoms with Crippen LogP contribution in [0.5, 0.6) is 5.88 Å². The van der Waals surface area contributed by atoms with Gasteiger partial charge >= 0.3 is 58.2 Å². The maximum Gasteiger partial charge on any atom is 1.00 e. The largest absolute Gasteiger partial charge is 1.00 e. The van der Waals surface area contributed by atoms with Gasteiger partial charge in [-0.1, -0.05) is 0 Å². The Balaban J connectivity index is 0. The minimum atomic E-state index is 0. The molecule has 11 heavy (non-hydrogen) atoms. The zero-order valence-corrected chi connectivity index (χ0v) is 12.8. The molecule has 0 aliphatic rings. The van der Waals surface area contributed by atoms with E-state index >= 15 is 0 Å². The number of hydrogen-bond acceptors (Lipinski definition) is 3. The Morgan fingerprint density at radius 1 is 1.64 bits per heavy atom. The van der Waals surface area contributed by atoms with Crippen LogP contribution in [0.2, 0.25) is 0 Å². The Hall–Kier alpha value is 1.20. The second-order valence-electron chi connectivity index (χ2n) is 1.44. The first-order chi connectivity index (χ1) is 4.33. The van der Waals surface area contributed by atoms with Gasteiger partial charge in [-0.2, -0.15) is 22.0 Å². The molecule has 0 atom stereocenters. The standard InChI is InChI=1S/C6H5BrNO.H2O.Rb/c1-9-6-3-2-5(7)4-8-6;;/h2,4H,1H3;1H2;/q-1;;+1/p-1. The molecule has 0 aromatic carbocycles. The van der Waals surface area contributed by atoms with Crippen LogP contribution in [0.4, 0.5) is 0 Å². The van der Waals surface area contributed by atoms with E-state index in [0.717, 1.165) is 4.47 Å². The average Bonchev–Trinajstić information content (AvgIpc) is 1.90. The molecule has 0 bridgehead atoms. The second-order valence-corrected chi connectivity index (χ2v) is 2.36. The van der Waals surface area contributed by atoms with Crippen LogP contribution in [0, 0.1) is 6.07 Å². The van der Waals surface area contributed by atoms with Crippen molar-refractivity contribution in [3.63, 3.8) is 0 Å². The zero-order chi connectivity index (χ0) is 6.69. The summed E-state index contributed by atoms with van der Waals surface area (Å²) in [6.07, 6.45) is 1.66. The van der Waals surface area contributed by atoms with E-state index in [1.807, 2.05) is 0 Å². The maximum atomic E-state index is 4.78. The van der Waals surface area contributed by atoms with Crippen molar-refractivity contribution < 1.29 is 68.4 Å². The van der Waals surface area contributed by atoms with Crippen LogP contribution in [0.25, 0.3) is 0 Å². The van der Waals surface area contributed by atoms with Crippen LogP contribution in [-0.2, 0) is 0 Å². The summed E-state index contributed by atoms with van der Waals surface area (Å²) >= 11 is 3.23. The molecule has 1 heterocycles. The third-order valence-electron chi connectivity index (χ3n) is 0.832. The van der Waals surface area contributed by atoms with E-state index in [1.165, 1.54) is 0 Å². The Bertz CT molecular complexity index is 192. The van der Waals surface area contributed by atoms with Crippen LogP contribution >= 0.6 is 15.9 Å². The predicted molar refractivity (Wildman–Crippen MR) is 39.3 cm³/mol. The van der Waals surface area contributed by atoms with Crippen LogP contribution in [-0.4, -0.2) is 17.6 Å². The first-order valence-corrected chi connectivity index (χ1v) is 3.19. The van der Waals surface area contributed by atoms with Crippen molar-refractivity contribution in [1.82, 2.24) is 4.98 Å². The Kier molecular flexibility index (Phi) is 10.5. The molecule has 56 valence electrons. The second kappa shape index (κ2) is 7.82. The topological polar surface area (TPSA) is 52.1 Å². The number of pyridine rings is 1. The van der Waals surface area contributed by atoms with Crippen molar-refractivity contribution in [3.05, 3.63) is 22.8 Å². The van der Waals surface area contributed by atoms with Gasteiger partial charge in [-0.25, -0.2) is 6.07 Å². The fourth-order valence-corrected chi connectivity index (χ4v) is 0.654. The van der Waals surface area contributed by atoms with Gasteiger partial charge in [0.05, 0.1) is 7.11 Å². The van der Waals surface area contributed by atoms with Crippen molar-refractivity contribution in [2.24, 2.45) is 0 Å². The first-order valence-electron chi connectivity index (χ1n) is 2.40. The molecule has 0 unspecified atom stereocenters. The third kappa shape index (κ3) is 5.44. The van der Waals surface area contributed by atoms with Gasteiger partial charge in [-0.15, -0.1) is 4.47 Å². The van der Waals surface area contributed by atoms with E-state index in [4.69, 9.17) is 4.74 Å². The number of nitrogens with zero attached hydrogens (tertiary/aromatic N) is 1. The molecule has 0 fully saturated rings. The van der Waals surface area contributed by atoms with Gasteiger partial charge in [0, 0.05) is 0 Å². The summed E-state index contributed by atoms with van der Waals surface area (Å²) in [4.78, 5) is 3.87. The summed E-state index contributed by atoms with van der Waals surface area (Å²) in [5, 5.41) is 0. The molecular weight excluding hydrogens is 283 g/mol. The molecule has 0 spiro atoms. The van der Waals surface area contributed by atoms with Crippen LogP contribution in [0.3, 0.4) is 0 Å². The van der Waals surface area contributed by atoms with E-state index in [-0.39, 0.29) is 63.7 Å². The Morgan fingerprint density at radius 2 is 2.27 bits per heavy atom. The molecule has 0 amide bonds. The quantitative estimate of drug-likeness (QED) is 0.590. The van der Waals surface area contributed by atoms with Crippen molar-refractivity contribution in [3.8, 4) is 5.88 Å². The van der Waals surface area contributed by atoms with Crippen LogP contribution in [0.1, 0.15) is 0 Å². The number of hydrogen-bond donors (Lipinski definition) is 0. The summed E-state index contributed by atoms with van der Waals surface area (Å²) in [6, 6.07) is 4.56. The average molecular weight is 289 g/mol. The first kappa shape index (κ1) is 14.7. The molecule has 0 aliphatic heterocycles. The molecule has 0 saturated carbocycles. The van der Waals surface area contributed by atoms with E-state index in [9.17, 15) is 0 Å². The number of rotatable bonds is 1. The smallest absolute Gasteiger partial charge is 0.870 e. The number of methoxy groups -OCH3 is 1. The minimum Gasteiger partial charge on any atom is -0.870 e. The maximum absolute atomic E-state index is 4.78. The number of halogens is 1. The summed E-state index contributed by atoms with van der Waals surface area (Å²) in [7, 11) is 1.56. The molecule has 5 heteroatoms. The molecule has 0 aliphatic carbocycles. The summed E-state index contributed by atoms with van der Waals surface area (Å²) < 4.78 is 5.69. The molecule has 1 aromatic rings.